The summed E-state index contributed by atoms with van der Waals surface area (Å²) in [6.07, 6.45) is 4.16. The van der Waals surface area contributed by atoms with Crippen LogP contribution in [0.4, 0.5) is 0 Å². The van der Waals surface area contributed by atoms with Crippen molar-refractivity contribution in [3.05, 3.63) is 0 Å². The van der Waals surface area contributed by atoms with Gasteiger partial charge in [-0.15, -0.1) is 11.4 Å². The maximum atomic E-state index is 11.5. The molecule has 0 bridgehead atoms. The molecule has 1 unspecified atom stereocenters. The van der Waals surface area contributed by atoms with Crippen molar-refractivity contribution < 1.29 is 31.1 Å². The first-order chi connectivity index (χ1) is 6.12. The van der Waals surface area contributed by atoms with Gasteiger partial charge in [0.05, 0.1) is 6.61 Å². The van der Waals surface area contributed by atoms with Gasteiger partial charge in [0.2, 0.25) is 0 Å². The van der Waals surface area contributed by atoms with E-state index in [9.17, 15) is 4.89 Å². The van der Waals surface area contributed by atoms with Crippen LogP contribution >= 0.6 is 17.1 Å². The molecular weight excluding hydrogens is 271 g/mol. The van der Waals surface area contributed by atoms with Crippen molar-refractivity contribution in [1.29, 1.82) is 0 Å². The van der Waals surface area contributed by atoms with Crippen LogP contribution in [-0.4, -0.2) is 12.4 Å². The van der Waals surface area contributed by atoms with Crippen molar-refractivity contribution in [2.45, 2.75) is 39.5 Å². The summed E-state index contributed by atoms with van der Waals surface area (Å²) in [4.78, 5) is 11.5. The molecule has 6 heteroatoms. The Labute approximate surface area is 111 Å². The summed E-state index contributed by atoms with van der Waals surface area (Å²) in [5.41, 5.74) is -2.75. The fourth-order valence-corrected chi connectivity index (χ4v) is 4.15. The van der Waals surface area contributed by atoms with Crippen LogP contribution in [-0.2, 0) is 38.0 Å². The van der Waals surface area contributed by atoms with Crippen molar-refractivity contribution in [3.8, 4) is 0 Å². The van der Waals surface area contributed by atoms with E-state index < -0.39 is 5.69 Å². The molecule has 0 aliphatic heterocycles. The van der Waals surface area contributed by atoms with Crippen LogP contribution in [0.25, 0.3) is 0 Å². The van der Waals surface area contributed by atoms with E-state index in [2.05, 4.69) is 13.8 Å². The molecule has 0 N–H and O–H groups in total. The minimum Gasteiger partial charge on any atom is -0.793 e. The largest absolute Gasteiger partial charge is 1.00 e. The summed E-state index contributed by atoms with van der Waals surface area (Å²) in [6, 6.07) is 0. The van der Waals surface area contributed by atoms with Gasteiger partial charge in [-0.25, -0.2) is 0 Å². The van der Waals surface area contributed by atoms with Crippen molar-refractivity contribution in [2.75, 3.05) is 12.4 Å². The van der Waals surface area contributed by atoms with Crippen LogP contribution < -0.4 is 4.89 Å². The average Bonchev–Trinajstić information content (AvgIpc) is 2.05. The van der Waals surface area contributed by atoms with Crippen LogP contribution in [0.1, 0.15) is 39.5 Å². The van der Waals surface area contributed by atoms with E-state index in [0.29, 0.717) is 6.61 Å². The van der Waals surface area contributed by atoms with Gasteiger partial charge >= 0.3 is 21.7 Å². The molecule has 0 aliphatic rings. The van der Waals surface area contributed by atoms with Gasteiger partial charge in [-0.1, -0.05) is 38.5 Å². The second kappa shape index (κ2) is 11.1. The molecule has 1 radical (unpaired) electrons. The van der Waals surface area contributed by atoms with E-state index in [1.807, 2.05) is 0 Å². The van der Waals surface area contributed by atoms with E-state index in [0.717, 1.165) is 31.4 Å². The Morgan fingerprint density at radius 3 is 2.36 bits per heavy atom. The Morgan fingerprint density at radius 2 is 1.86 bits per heavy atom. The summed E-state index contributed by atoms with van der Waals surface area (Å²) in [5.74, 6) is 0.851. The van der Waals surface area contributed by atoms with Crippen LogP contribution in [0.3, 0.4) is 0 Å². The molecule has 83 valence electrons. The molecule has 0 aromatic carbocycles. The smallest absolute Gasteiger partial charge is 0.793 e. The summed E-state index contributed by atoms with van der Waals surface area (Å²) in [5, 5.41) is 0. The molecule has 0 rings (SSSR count). The third-order valence-electron chi connectivity index (χ3n) is 1.49. The van der Waals surface area contributed by atoms with Crippen LogP contribution in [0.15, 0.2) is 0 Å². The van der Waals surface area contributed by atoms with Crippen molar-refractivity contribution >= 4 is 28.9 Å². The topological polar surface area (TPSA) is 32.3 Å². The predicted molar refractivity (Wildman–Crippen MR) is 62.5 cm³/mol. The maximum absolute atomic E-state index is 11.5. The minimum absolute atomic E-state index is 0. The Balaban J connectivity index is 0. The van der Waals surface area contributed by atoms with E-state index in [1.54, 1.807) is 0 Å². The molecule has 0 aromatic rings. The van der Waals surface area contributed by atoms with Gasteiger partial charge in [-0.3, -0.25) is 0 Å². The first-order valence-corrected chi connectivity index (χ1v) is 8.95. The number of hydrogen-bond acceptors (Lipinski definition) is 4. The van der Waals surface area contributed by atoms with Gasteiger partial charge in [0.1, 0.15) is 0 Å². The molecule has 0 heterocycles. The molecule has 14 heavy (non-hydrogen) atoms. The quantitative estimate of drug-likeness (QED) is 0.391. The molecule has 2 nitrogen and oxygen atoms in total. The maximum Gasteiger partial charge on any atom is 1.00 e. The van der Waals surface area contributed by atoms with E-state index >= 15 is 0 Å². The molecule has 0 aliphatic carbocycles. The molecule has 1 atom stereocenters. The van der Waals surface area contributed by atoms with E-state index in [4.69, 9.17) is 16.3 Å². The third kappa shape index (κ3) is 11.7. The third-order valence-corrected chi connectivity index (χ3v) is 5.86. The molecule has 0 fully saturated rings. The van der Waals surface area contributed by atoms with Gasteiger partial charge in [0, 0.05) is 5.69 Å². The first kappa shape index (κ1) is 18.0. The second-order valence-electron chi connectivity index (χ2n) is 2.82. The normalized spacial score (nSPS) is 14.5. The minimum atomic E-state index is -2.75. The molecule has 0 amide bonds. The number of hydrogen-bond donors (Lipinski definition) is 0. The fraction of sp³-hybridized carbons (Fsp3) is 1.00. The Morgan fingerprint density at radius 1 is 1.29 bits per heavy atom. The SMILES string of the molecule is CCCCOP([O-])(=S)SCCCC.[Ti+]. The van der Waals surface area contributed by atoms with Gasteiger partial charge in [-0.2, -0.15) is 0 Å². The van der Waals surface area contributed by atoms with Crippen LogP contribution in [0, 0.1) is 0 Å². The monoisotopic (exact) mass is 289 g/mol. The molecular formula is C8H18O2PS2Ti. The number of unbranched alkanes of at least 4 members (excludes halogenated alkanes) is 2. The van der Waals surface area contributed by atoms with Gasteiger partial charge in [-0.05, 0) is 18.6 Å². The second-order valence-corrected chi connectivity index (χ2v) is 8.99. The Kier molecular flexibility index (Phi) is 14.3. The fourth-order valence-electron chi connectivity index (χ4n) is 0.679. The predicted octanol–water partition coefficient (Wildman–Crippen LogP) is 2.92. The van der Waals surface area contributed by atoms with Crippen molar-refractivity contribution in [3.63, 3.8) is 0 Å². The summed E-state index contributed by atoms with van der Waals surface area (Å²) in [6.45, 7) is 4.71. The standard InChI is InChI=1S/C8H19O2PS2.Ti/c1-3-5-7-10-11(9,12)13-8-6-4-2;/h3-8H2,1-2H3,(H,9,12);/q;+1/p-1. The first-order valence-electron chi connectivity index (χ1n) is 4.72. The van der Waals surface area contributed by atoms with Crippen molar-refractivity contribution in [1.82, 2.24) is 0 Å². The van der Waals surface area contributed by atoms with Crippen LogP contribution in [0.5, 0.6) is 0 Å². The average molecular weight is 289 g/mol. The Bertz CT molecular complexity index is 155. The zero-order valence-corrected chi connectivity index (χ0v) is 12.9. The number of rotatable bonds is 8. The molecule has 0 saturated heterocycles. The van der Waals surface area contributed by atoms with Gasteiger partial charge in [0.25, 0.3) is 0 Å². The van der Waals surface area contributed by atoms with Gasteiger partial charge in [0.15, 0.2) is 0 Å². The van der Waals surface area contributed by atoms with Crippen molar-refractivity contribution in [2.24, 2.45) is 0 Å². The zero-order valence-electron chi connectivity index (χ0n) is 8.82. The van der Waals surface area contributed by atoms with Crippen LogP contribution in [0.2, 0.25) is 0 Å². The zero-order chi connectivity index (χ0) is 10.2. The Hall–Kier alpha value is 1.63. The molecule has 0 spiro atoms. The van der Waals surface area contributed by atoms with E-state index in [1.165, 1.54) is 11.4 Å². The molecule has 0 aromatic heterocycles. The summed E-state index contributed by atoms with van der Waals surface area (Å²) >= 11 is 6.17. The summed E-state index contributed by atoms with van der Waals surface area (Å²) in [7, 11) is 0. The van der Waals surface area contributed by atoms with Gasteiger partial charge < -0.3 is 9.42 Å². The summed E-state index contributed by atoms with van der Waals surface area (Å²) < 4.78 is 5.15. The molecule has 0 saturated carbocycles. The van der Waals surface area contributed by atoms with E-state index in [-0.39, 0.29) is 21.7 Å².